The van der Waals surface area contributed by atoms with Crippen LogP contribution in [0.1, 0.15) is 29.4 Å². The first-order valence-electron chi connectivity index (χ1n) is 6.75. The molecule has 1 amide bonds. The van der Waals surface area contributed by atoms with Gasteiger partial charge >= 0.3 is 5.97 Å². The molecule has 7 heteroatoms. The molecular formula is C14H16N4O3. The highest BCUT2D eigenvalue weighted by molar-refractivity contribution is 6.01. The second kappa shape index (κ2) is 4.54. The van der Waals surface area contributed by atoms with Gasteiger partial charge in [0.05, 0.1) is 11.1 Å². The molecule has 1 aliphatic rings. The molecule has 0 radical (unpaired) electrons. The fourth-order valence-electron chi connectivity index (χ4n) is 2.71. The minimum Gasteiger partial charge on any atom is -0.481 e. The quantitative estimate of drug-likeness (QED) is 0.889. The molecule has 1 atom stereocenters. The molecular weight excluding hydrogens is 272 g/mol. The van der Waals surface area contributed by atoms with Crippen molar-refractivity contribution in [2.45, 2.75) is 20.3 Å². The molecule has 0 aliphatic carbocycles. The number of carbonyl (C=O) groups is 2. The summed E-state index contributed by atoms with van der Waals surface area (Å²) in [6.07, 6.45) is 3.80. The molecule has 0 unspecified atom stereocenters. The second-order valence-electron chi connectivity index (χ2n) is 5.69. The highest BCUT2D eigenvalue weighted by atomic mass is 16.4. The van der Waals surface area contributed by atoms with Crippen molar-refractivity contribution in [2.75, 3.05) is 13.1 Å². The monoisotopic (exact) mass is 288 g/mol. The van der Waals surface area contributed by atoms with E-state index in [1.54, 1.807) is 41.7 Å². The third-order valence-corrected chi connectivity index (χ3v) is 4.06. The summed E-state index contributed by atoms with van der Waals surface area (Å²) < 4.78 is 1.56. The standard InChI is InChI=1S/C14H16N4O3/c1-9-10(11-15-5-3-6-18(11)16-9)12(19)17-7-4-14(2,8-17)13(20)21/h3,5-6H,4,7-8H2,1-2H3,(H,20,21)/t14-/m0/s1. The summed E-state index contributed by atoms with van der Waals surface area (Å²) in [5.74, 6) is -1.07. The number of aromatic nitrogens is 3. The van der Waals surface area contributed by atoms with E-state index in [9.17, 15) is 14.7 Å². The van der Waals surface area contributed by atoms with E-state index in [2.05, 4.69) is 10.1 Å². The normalized spacial score (nSPS) is 21.9. The lowest BCUT2D eigenvalue weighted by Gasteiger charge is -2.20. The van der Waals surface area contributed by atoms with Crippen LogP contribution in [0, 0.1) is 12.3 Å². The molecule has 3 rings (SSSR count). The molecule has 21 heavy (non-hydrogen) atoms. The summed E-state index contributed by atoms with van der Waals surface area (Å²) in [6, 6.07) is 1.74. The van der Waals surface area contributed by atoms with E-state index < -0.39 is 11.4 Å². The van der Waals surface area contributed by atoms with Crippen molar-refractivity contribution in [2.24, 2.45) is 5.41 Å². The van der Waals surface area contributed by atoms with Crippen LogP contribution in [0.15, 0.2) is 18.5 Å². The Kier molecular flexibility index (Phi) is 2.93. The maximum Gasteiger partial charge on any atom is 0.311 e. The Labute approximate surface area is 121 Å². The first-order valence-corrected chi connectivity index (χ1v) is 6.75. The summed E-state index contributed by atoms with van der Waals surface area (Å²) in [7, 11) is 0. The van der Waals surface area contributed by atoms with Crippen LogP contribution in [0.25, 0.3) is 5.65 Å². The van der Waals surface area contributed by atoms with Gasteiger partial charge in [0, 0.05) is 25.5 Å². The van der Waals surface area contributed by atoms with Crippen LogP contribution in [0.4, 0.5) is 0 Å². The Hall–Kier alpha value is -2.44. The maximum absolute atomic E-state index is 12.7. The van der Waals surface area contributed by atoms with Crippen LogP contribution < -0.4 is 0 Å². The number of rotatable bonds is 2. The van der Waals surface area contributed by atoms with Gasteiger partial charge in [0.2, 0.25) is 0 Å². The third kappa shape index (κ3) is 2.05. The number of nitrogens with zero attached hydrogens (tertiary/aromatic N) is 4. The van der Waals surface area contributed by atoms with Crippen molar-refractivity contribution < 1.29 is 14.7 Å². The van der Waals surface area contributed by atoms with Gasteiger partial charge < -0.3 is 10.0 Å². The van der Waals surface area contributed by atoms with E-state index in [-0.39, 0.29) is 12.5 Å². The van der Waals surface area contributed by atoms with E-state index in [4.69, 9.17) is 0 Å². The first kappa shape index (κ1) is 13.5. The van der Waals surface area contributed by atoms with E-state index in [0.717, 1.165) is 0 Å². The van der Waals surface area contributed by atoms with Crippen molar-refractivity contribution in [1.82, 2.24) is 19.5 Å². The van der Waals surface area contributed by atoms with Crippen molar-refractivity contribution in [3.8, 4) is 0 Å². The SMILES string of the molecule is Cc1nn2cccnc2c1C(=O)N1CC[C@](C)(C(=O)O)C1. The maximum atomic E-state index is 12.7. The van der Waals surface area contributed by atoms with Crippen molar-refractivity contribution in [3.63, 3.8) is 0 Å². The summed E-state index contributed by atoms with van der Waals surface area (Å²) in [5, 5.41) is 13.5. The van der Waals surface area contributed by atoms with E-state index in [0.29, 0.717) is 29.9 Å². The molecule has 0 spiro atoms. The predicted octanol–water partition coefficient (Wildman–Crippen LogP) is 0.975. The van der Waals surface area contributed by atoms with Gasteiger partial charge in [0.25, 0.3) is 5.91 Å². The first-order chi connectivity index (χ1) is 9.92. The predicted molar refractivity (Wildman–Crippen MR) is 74.0 cm³/mol. The smallest absolute Gasteiger partial charge is 0.311 e. The minimum absolute atomic E-state index is 0.203. The molecule has 0 bridgehead atoms. The molecule has 1 aliphatic heterocycles. The zero-order valence-electron chi connectivity index (χ0n) is 11.9. The summed E-state index contributed by atoms with van der Waals surface area (Å²) in [5.41, 5.74) is 0.678. The summed E-state index contributed by atoms with van der Waals surface area (Å²) in [4.78, 5) is 29.8. The van der Waals surface area contributed by atoms with Gasteiger partial charge in [-0.3, -0.25) is 9.59 Å². The largest absolute Gasteiger partial charge is 0.481 e. The van der Waals surface area contributed by atoms with Crippen molar-refractivity contribution in [3.05, 3.63) is 29.7 Å². The van der Waals surface area contributed by atoms with Crippen LogP contribution >= 0.6 is 0 Å². The highest BCUT2D eigenvalue weighted by Gasteiger charge is 2.43. The topological polar surface area (TPSA) is 87.8 Å². The van der Waals surface area contributed by atoms with Crippen LogP contribution in [0.2, 0.25) is 0 Å². The number of carboxylic acids is 1. The number of aliphatic carboxylic acids is 1. The molecule has 0 saturated carbocycles. The Bertz CT molecular complexity index is 739. The highest BCUT2D eigenvalue weighted by Crippen LogP contribution is 2.31. The zero-order chi connectivity index (χ0) is 15.2. The van der Waals surface area contributed by atoms with Gasteiger partial charge in [-0.15, -0.1) is 0 Å². The lowest BCUT2D eigenvalue weighted by atomic mass is 9.90. The van der Waals surface area contributed by atoms with Gasteiger partial charge in [0.1, 0.15) is 5.56 Å². The van der Waals surface area contributed by atoms with Gasteiger partial charge in [-0.2, -0.15) is 5.10 Å². The number of fused-ring (bicyclic) bond motifs is 1. The van der Waals surface area contributed by atoms with E-state index >= 15 is 0 Å². The van der Waals surface area contributed by atoms with E-state index in [1.807, 2.05) is 0 Å². The molecule has 7 nitrogen and oxygen atoms in total. The fraction of sp³-hybridized carbons (Fsp3) is 0.429. The van der Waals surface area contributed by atoms with Crippen LogP contribution in [0.3, 0.4) is 0 Å². The Morgan fingerprint density at radius 3 is 2.86 bits per heavy atom. The Morgan fingerprint density at radius 2 is 2.19 bits per heavy atom. The molecule has 2 aromatic heterocycles. The van der Waals surface area contributed by atoms with Gasteiger partial charge in [0.15, 0.2) is 5.65 Å². The summed E-state index contributed by atoms with van der Waals surface area (Å²) in [6.45, 7) is 4.08. The third-order valence-electron chi connectivity index (χ3n) is 4.06. The summed E-state index contributed by atoms with van der Waals surface area (Å²) >= 11 is 0. The second-order valence-corrected chi connectivity index (χ2v) is 5.69. The van der Waals surface area contributed by atoms with Crippen LogP contribution in [0.5, 0.6) is 0 Å². The number of amides is 1. The molecule has 3 heterocycles. The number of carboxylic acid groups (broad SMARTS) is 1. The number of likely N-dealkylation sites (tertiary alicyclic amines) is 1. The van der Waals surface area contributed by atoms with Crippen LogP contribution in [-0.2, 0) is 4.79 Å². The molecule has 1 saturated heterocycles. The average Bonchev–Trinajstić information content (AvgIpc) is 2.99. The molecule has 2 aromatic rings. The van der Waals surface area contributed by atoms with Gasteiger partial charge in [-0.1, -0.05) is 0 Å². The number of hydrogen-bond acceptors (Lipinski definition) is 4. The minimum atomic E-state index is -0.875. The number of carbonyl (C=O) groups excluding carboxylic acids is 1. The average molecular weight is 288 g/mol. The van der Waals surface area contributed by atoms with Crippen molar-refractivity contribution in [1.29, 1.82) is 0 Å². The molecule has 1 fully saturated rings. The van der Waals surface area contributed by atoms with E-state index in [1.165, 1.54) is 0 Å². The molecule has 110 valence electrons. The van der Waals surface area contributed by atoms with Crippen LogP contribution in [-0.4, -0.2) is 49.6 Å². The van der Waals surface area contributed by atoms with Gasteiger partial charge in [-0.25, -0.2) is 9.50 Å². The van der Waals surface area contributed by atoms with Gasteiger partial charge in [-0.05, 0) is 26.3 Å². The van der Waals surface area contributed by atoms with Crippen molar-refractivity contribution >= 4 is 17.5 Å². The number of hydrogen-bond donors (Lipinski definition) is 1. The molecule has 1 N–H and O–H groups in total. The lowest BCUT2D eigenvalue weighted by molar-refractivity contribution is -0.147. The number of aryl methyl sites for hydroxylation is 1. The molecule has 0 aromatic carbocycles. The fourth-order valence-corrected chi connectivity index (χ4v) is 2.71. The zero-order valence-corrected chi connectivity index (χ0v) is 11.9. The Morgan fingerprint density at radius 1 is 1.43 bits per heavy atom. The Balaban J connectivity index is 1.95. The lowest BCUT2D eigenvalue weighted by Crippen LogP contribution is -2.35.